The maximum atomic E-state index is 13.3. The number of unbranched alkanes of at least 4 members (excludes halogenated alkanes) is 1. The van der Waals surface area contributed by atoms with Crippen molar-refractivity contribution < 1.29 is 9.53 Å². The van der Waals surface area contributed by atoms with Gasteiger partial charge in [-0.25, -0.2) is 0 Å². The molecule has 2 heterocycles. The maximum absolute atomic E-state index is 13.3. The summed E-state index contributed by atoms with van der Waals surface area (Å²) in [7, 11) is 2.11. The van der Waals surface area contributed by atoms with E-state index in [1.807, 2.05) is 29.2 Å². The number of morpholine rings is 1. The zero-order valence-corrected chi connectivity index (χ0v) is 19.0. The Balaban J connectivity index is 1.64. The van der Waals surface area contributed by atoms with Crippen LogP contribution in [0.4, 0.5) is 5.69 Å². The largest absolute Gasteiger partial charge is 0.379 e. The highest BCUT2D eigenvalue weighted by Gasteiger charge is 2.18. The topological polar surface area (TPSA) is 48.9 Å². The van der Waals surface area contributed by atoms with E-state index in [0.29, 0.717) is 6.54 Å². The van der Waals surface area contributed by atoms with Crippen LogP contribution >= 0.6 is 0 Å². The predicted octanol–water partition coefficient (Wildman–Crippen LogP) is 3.68. The van der Waals surface area contributed by atoms with Gasteiger partial charge in [0.2, 0.25) is 0 Å². The number of aromatic nitrogens is 1. The molecule has 0 radical (unpaired) electrons. The molecule has 6 nitrogen and oxygen atoms in total. The molecule has 1 aromatic carbocycles. The molecule has 1 fully saturated rings. The molecule has 3 rings (SSSR count). The number of ether oxygens (including phenoxy) is 1. The summed E-state index contributed by atoms with van der Waals surface area (Å²) in [6.07, 6.45) is 6.86. The second-order valence-corrected chi connectivity index (χ2v) is 8.21. The van der Waals surface area contributed by atoms with Gasteiger partial charge < -0.3 is 14.5 Å². The fraction of sp³-hybridized carbons (Fsp3) is 0.520. The van der Waals surface area contributed by atoms with Crippen LogP contribution in [0.3, 0.4) is 0 Å². The number of hydrogen-bond donors (Lipinski definition) is 0. The highest BCUT2D eigenvalue weighted by Crippen LogP contribution is 2.17. The zero-order chi connectivity index (χ0) is 21.9. The van der Waals surface area contributed by atoms with E-state index >= 15 is 0 Å². The molecule has 0 bridgehead atoms. The fourth-order valence-corrected chi connectivity index (χ4v) is 3.84. The first kappa shape index (κ1) is 23.2. The van der Waals surface area contributed by atoms with Gasteiger partial charge in [0, 0.05) is 70.0 Å². The molecule has 1 saturated heterocycles. The average Bonchev–Trinajstić information content (AvgIpc) is 2.83. The quantitative estimate of drug-likeness (QED) is 0.551. The fourth-order valence-electron chi connectivity index (χ4n) is 3.84. The third-order valence-electron chi connectivity index (χ3n) is 5.82. The third kappa shape index (κ3) is 7.33. The summed E-state index contributed by atoms with van der Waals surface area (Å²) in [5.74, 6) is 0.0848. The van der Waals surface area contributed by atoms with Crippen LogP contribution in [0.15, 0.2) is 48.8 Å². The molecule has 1 aromatic heterocycles. The lowest BCUT2D eigenvalue weighted by molar-refractivity contribution is 0.0355. The van der Waals surface area contributed by atoms with Crippen LogP contribution in [-0.4, -0.2) is 73.7 Å². The zero-order valence-electron chi connectivity index (χ0n) is 19.0. The number of pyridine rings is 1. The minimum absolute atomic E-state index is 0.0848. The molecule has 2 aromatic rings. The van der Waals surface area contributed by atoms with Crippen molar-refractivity contribution >= 4 is 11.6 Å². The molecular formula is C25H36N4O2. The molecule has 0 saturated carbocycles. The highest BCUT2D eigenvalue weighted by molar-refractivity contribution is 5.94. The first-order valence-corrected chi connectivity index (χ1v) is 11.5. The van der Waals surface area contributed by atoms with E-state index in [4.69, 9.17) is 4.74 Å². The number of nitrogens with zero attached hydrogens (tertiary/aromatic N) is 4. The van der Waals surface area contributed by atoms with Gasteiger partial charge >= 0.3 is 0 Å². The summed E-state index contributed by atoms with van der Waals surface area (Å²) in [6, 6.07) is 12.0. The molecule has 168 valence electrons. The van der Waals surface area contributed by atoms with E-state index in [1.165, 1.54) is 12.8 Å². The van der Waals surface area contributed by atoms with Crippen molar-refractivity contribution in [2.24, 2.45) is 0 Å². The molecule has 1 aliphatic rings. The monoisotopic (exact) mass is 424 g/mol. The molecule has 0 atom stereocenters. The van der Waals surface area contributed by atoms with E-state index in [2.05, 4.69) is 40.9 Å². The Bertz CT molecular complexity index is 776. The standard InChI is InChI=1S/C25H36N4O2/c1-3-4-14-27(2)24-8-6-23(7-9-24)25(30)29(21-22-10-12-26-13-11-22)16-5-15-28-17-19-31-20-18-28/h6-13H,3-5,14-21H2,1-2H3. The molecule has 0 unspecified atom stereocenters. The Morgan fingerprint density at radius 2 is 1.74 bits per heavy atom. The lowest BCUT2D eigenvalue weighted by Gasteiger charge is -2.28. The maximum Gasteiger partial charge on any atom is 0.254 e. The van der Waals surface area contributed by atoms with Crippen LogP contribution in [-0.2, 0) is 11.3 Å². The molecule has 6 heteroatoms. The molecule has 0 spiro atoms. The van der Waals surface area contributed by atoms with Crippen LogP contribution in [0.1, 0.15) is 42.1 Å². The number of amides is 1. The van der Waals surface area contributed by atoms with Crippen LogP contribution in [0.25, 0.3) is 0 Å². The number of carbonyl (C=O) groups is 1. The second kappa shape index (κ2) is 12.4. The number of carbonyl (C=O) groups excluding carboxylic acids is 1. The van der Waals surface area contributed by atoms with Crippen LogP contribution < -0.4 is 4.90 Å². The van der Waals surface area contributed by atoms with Crippen molar-refractivity contribution in [2.45, 2.75) is 32.7 Å². The number of anilines is 1. The van der Waals surface area contributed by atoms with Gasteiger partial charge in [-0.05, 0) is 54.8 Å². The minimum Gasteiger partial charge on any atom is -0.379 e. The van der Waals surface area contributed by atoms with Crippen LogP contribution in [0, 0.1) is 0 Å². The summed E-state index contributed by atoms with van der Waals surface area (Å²) in [4.78, 5) is 24.1. The number of rotatable bonds is 11. The van der Waals surface area contributed by atoms with Crippen molar-refractivity contribution in [2.75, 3.05) is 57.9 Å². The summed E-state index contributed by atoms with van der Waals surface area (Å²) in [5.41, 5.74) is 3.00. The molecule has 0 N–H and O–H groups in total. The van der Waals surface area contributed by atoms with E-state index in [0.717, 1.165) is 69.2 Å². The van der Waals surface area contributed by atoms with Gasteiger partial charge in [0.05, 0.1) is 13.2 Å². The Hall–Kier alpha value is -2.44. The van der Waals surface area contributed by atoms with Crippen molar-refractivity contribution in [3.05, 3.63) is 59.9 Å². The van der Waals surface area contributed by atoms with Gasteiger partial charge in [-0.2, -0.15) is 0 Å². The Morgan fingerprint density at radius 1 is 1.03 bits per heavy atom. The van der Waals surface area contributed by atoms with Crippen molar-refractivity contribution in [1.29, 1.82) is 0 Å². The third-order valence-corrected chi connectivity index (χ3v) is 5.82. The summed E-state index contributed by atoms with van der Waals surface area (Å²) in [6.45, 7) is 9.11. The van der Waals surface area contributed by atoms with Gasteiger partial charge in [0.25, 0.3) is 5.91 Å². The summed E-state index contributed by atoms with van der Waals surface area (Å²) < 4.78 is 5.43. The molecule has 31 heavy (non-hydrogen) atoms. The van der Waals surface area contributed by atoms with Crippen molar-refractivity contribution in [3.63, 3.8) is 0 Å². The van der Waals surface area contributed by atoms with Crippen molar-refractivity contribution in [1.82, 2.24) is 14.8 Å². The van der Waals surface area contributed by atoms with Gasteiger partial charge in [-0.15, -0.1) is 0 Å². The lowest BCUT2D eigenvalue weighted by atomic mass is 10.1. The average molecular weight is 425 g/mol. The van der Waals surface area contributed by atoms with Gasteiger partial charge in [0.1, 0.15) is 0 Å². The Kier molecular flexibility index (Phi) is 9.31. The summed E-state index contributed by atoms with van der Waals surface area (Å²) >= 11 is 0. The normalized spacial score (nSPS) is 14.4. The summed E-state index contributed by atoms with van der Waals surface area (Å²) in [5, 5.41) is 0. The van der Waals surface area contributed by atoms with Crippen molar-refractivity contribution in [3.8, 4) is 0 Å². The van der Waals surface area contributed by atoms with Crippen LogP contribution in [0.2, 0.25) is 0 Å². The van der Waals surface area contributed by atoms with E-state index < -0.39 is 0 Å². The lowest BCUT2D eigenvalue weighted by Crippen LogP contribution is -2.39. The van der Waals surface area contributed by atoms with E-state index in [1.54, 1.807) is 12.4 Å². The van der Waals surface area contributed by atoms with Gasteiger partial charge in [0.15, 0.2) is 0 Å². The number of hydrogen-bond acceptors (Lipinski definition) is 5. The predicted molar refractivity (Wildman–Crippen MR) is 125 cm³/mol. The molecular weight excluding hydrogens is 388 g/mol. The second-order valence-electron chi connectivity index (χ2n) is 8.21. The van der Waals surface area contributed by atoms with Gasteiger partial charge in [-0.1, -0.05) is 13.3 Å². The number of benzene rings is 1. The smallest absolute Gasteiger partial charge is 0.254 e. The first-order valence-electron chi connectivity index (χ1n) is 11.5. The van der Waals surface area contributed by atoms with E-state index in [9.17, 15) is 4.79 Å². The van der Waals surface area contributed by atoms with Gasteiger partial charge in [-0.3, -0.25) is 14.7 Å². The molecule has 0 aliphatic carbocycles. The first-order chi connectivity index (χ1) is 15.2. The van der Waals surface area contributed by atoms with Crippen LogP contribution in [0.5, 0.6) is 0 Å². The SMILES string of the molecule is CCCCN(C)c1ccc(C(=O)N(CCCN2CCOCC2)Cc2ccncc2)cc1. The van der Waals surface area contributed by atoms with E-state index in [-0.39, 0.29) is 5.91 Å². The Labute approximate surface area is 186 Å². The molecule has 1 amide bonds. The molecule has 1 aliphatic heterocycles. The highest BCUT2D eigenvalue weighted by atomic mass is 16.5. The minimum atomic E-state index is 0.0848. The Morgan fingerprint density at radius 3 is 2.42 bits per heavy atom.